The minimum Gasteiger partial charge on any atom is -0.497 e. The molecule has 0 spiro atoms. The van der Waals surface area contributed by atoms with Crippen molar-refractivity contribution >= 4 is 5.96 Å². The van der Waals surface area contributed by atoms with Crippen molar-refractivity contribution in [3.05, 3.63) is 29.8 Å². The smallest absolute Gasteiger partial charge is 0.206 e. The zero-order valence-electron chi connectivity index (χ0n) is 12.1. The number of nitrogens with one attached hydrogen (secondary N) is 2. The summed E-state index contributed by atoms with van der Waals surface area (Å²) in [5, 5.41) is 3.39. The molecule has 2 rings (SSSR count). The molecule has 0 heterocycles. The van der Waals surface area contributed by atoms with Gasteiger partial charge in [0.15, 0.2) is 0 Å². The van der Waals surface area contributed by atoms with Crippen molar-refractivity contribution in [1.82, 2.24) is 10.7 Å². The lowest BCUT2D eigenvalue weighted by Crippen LogP contribution is -2.47. The summed E-state index contributed by atoms with van der Waals surface area (Å²) < 4.78 is 5.21. The Morgan fingerprint density at radius 3 is 2.85 bits per heavy atom. The van der Waals surface area contributed by atoms with Crippen molar-refractivity contribution in [2.75, 3.05) is 7.11 Å². The second kappa shape index (κ2) is 7.75. The maximum atomic E-state index is 5.54. The second-order valence-electron chi connectivity index (χ2n) is 5.14. The highest BCUT2D eigenvalue weighted by Crippen LogP contribution is 2.17. The number of methoxy groups -OCH3 is 1. The van der Waals surface area contributed by atoms with E-state index in [-0.39, 0.29) is 0 Å². The number of nitrogens with zero attached hydrogens (tertiary/aromatic N) is 1. The summed E-state index contributed by atoms with van der Waals surface area (Å²) in [5.74, 6) is 7.06. The largest absolute Gasteiger partial charge is 0.497 e. The van der Waals surface area contributed by atoms with Crippen molar-refractivity contribution in [3.8, 4) is 5.75 Å². The number of benzene rings is 1. The third kappa shape index (κ3) is 4.42. The first-order valence-electron chi connectivity index (χ1n) is 7.22. The van der Waals surface area contributed by atoms with Gasteiger partial charge >= 0.3 is 0 Å². The normalized spacial score (nSPS) is 16.8. The van der Waals surface area contributed by atoms with Crippen LogP contribution in [0.15, 0.2) is 29.3 Å². The van der Waals surface area contributed by atoms with E-state index in [9.17, 15) is 0 Å². The molecular formula is C15H24N4O. The molecule has 1 aromatic rings. The van der Waals surface area contributed by atoms with Gasteiger partial charge in [0.1, 0.15) is 5.75 Å². The maximum Gasteiger partial charge on any atom is 0.206 e. The van der Waals surface area contributed by atoms with Gasteiger partial charge in [0, 0.05) is 6.04 Å². The molecule has 0 bridgehead atoms. The molecule has 5 nitrogen and oxygen atoms in total. The quantitative estimate of drug-likeness (QED) is 0.340. The summed E-state index contributed by atoms with van der Waals surface area (Å²) in [4.78, 5) is 4.50. The average molecular weight is 276 g/mol. The summed E-state index contributed by atoms with van der Waals surface area (Å²) in [7, 11) is 1.67. The Hall–Kier alpha value is -1.75. The summed E-state index contributed by atoms with van der Waals surface area (Å²) in [5.41, 5.74) is 3.76. The Morgan fingerprint density at radius 1 is 1.35 bits per heavy atom. The lowest BCUT2D eigenvalue weighted by molar-refractivity contribution is 0.410. The van der Waals surface area contributed by atoms with Crippen LogP contribution in [-0.4, -0.2) is 19.1 Å². The van der Waals surface area contributed by atoms with Gasteiger partial charge in [-0.2, -0.15) is 0 Å². The predicted molar refractivity (Wildman–Crippen MR) is 81.5 cm³/mol. The molecule has 1 aromatic carbocycles. The minimum absolute atomic E-state index is 0.490. The molecule has 0 unspecified atom stereocenters. The van der Waals surface area contributed by atoms with Gasteiger partial charge in [-0.05, 0) is 30.5 Å². The molecule has 110 valence electrons. The van der Waals surface area contributed by atoms with E-state index in [0.29, 0.717) is 18.5 Å². The monoisotopic (exact) mass is 276 g/mol. The summed E-state index contributed by atoms with van der Waals surface area (Å²) in [6, 6.07) is 8.39. The number of aliphatic imine (C=N–C) groups is 1. The standard InChI is InChI=1S/C15H24N4O/c1-20-14-9-5-6-12(10-14)11-17-15(19-16)18-13-7-3-2-4-8-13/h5-6,9-10,13H,2-4,7-8,11,16H2,1H3,(H2,17,18,19). The Bertz CT molecular complexity index is 441. The fraction of sp³-hybridized carbons (Fsp3) is 0.533. The Kier molecular flexibility index (Phi) is 5.68. The molecular weight excluding hydrogens is 252 g/mol. The van der Waals surface area contributed by atoms with Crippen LogP contribution in [0, 0.1) is 0 Å². The van der Waals surface area contributed by atoms with Crippen LogP contribution in [0.25, 0.3) is 0 Å². The first-order valence-corrected chi connectivity index (χ1v) is 7.22. The molecule has 4 N–H and O–H groups in total. The maximum absolute atomic E-state index is 5.54. The SMILES string of the molecule is COc1cccc(CN=C(NN)NC2CCCCC2)c1. The van der Waals surface area contributed by atoms with E-state index in [0.717, 1.165) is 11.3 Å². The number of hydrogen-bond donors (Lipinski definition) is 3. The van der Waals surface area contributed by atoms with Crippen LogP contribution in [-0.2, 0) is 6.54 Å². The van der Waals surface area contributed by atoms with E-state index < -0.39 is 0 Å². The van der Waals surface area contributed by atoms with Gasteiger partial charge in [-0.25, -0.2) is 10.8 Å². The van der Waals surface area contributed by atoms with Crippen molar-refractivity contribution in [1.29, 1.82) is 0 Å². The van der Waals surface area contributed by atoms with Crippen molar-refractivity contribution < 1.29 is 4.74 Å². The van der Waals surface area contributed by atoms with Crippen LogP contribution in [0.1, 0.15) is 37.7 Å². The summed E-state index contributed by atoms with van der Waals surface area (Å²) in [6.07, 6.45) is 6.29. The van der Waals surface area contributed by atoms with Crippen molar-refractivity contribution in [2.24, 2.45) is 10.8 Å². The number of rotatable bonds is 4. The van der Waals surface area contributed by atoms with E-state index >= 15 is 0 Å². The number of hydrazine groups is 1. The molecule has 0 amide bonds. The summed E-state index contributed by atoms with van der Waals surface area (Å²) in [6.45, 7) is 0.580. The lowest BCUT2D eigenvalue weighted by atomic mass is 9.96. The number of hydrogen-bond acceptors (Lipinski definition) is 3. The Morgan fingerprint density at radius 2 is 2.15 bits per heavy atom. The molecule has 20 heavy (non-hydrogen) atoms. The highest BCUT2D eigenvalue weighted by atomic mass is 16.5. The van der Waals surface area contributed by atoms with Gasteiger partial charge in [-0.3, -0.25) is 5.43 Å². The highest BCUT2D eigenvalue weighted by molar-refractivity contribution is 5.79. The molecule has 1 fully saturated rings. The van der Waals surface area contributed by atoms with Gasteiger partial charge in [0.25, 0.3) is 0 Å². The van der Waals surface area contributed by atoms with Gasteiger partial charge in [-0.1, -0.05) is 31.4 Å². The molecule has 1 aliphatic rings. The highest BCUT2D eigenvalue weighted by Gasteiger charge is 2.14. The van der Waals surface area contributed by atoms with Crippen LogP contribution < -0.4 is 21.3 Å². The topological polar surface area (TPSA) is 71.7 Å². The van der Waals surface area contributed by atoms with Crippen molar-refractivity contribution in [2.45, 2.75) is 44.7 Å². The molecule has 1 saturated carbocycles. The van der Waals surface area contributed by atoms with Gasteiger partial charge in [0.05, 0.1) is 13.7 Å². The molecule has 0 aliphatic heterocycles. The Labute approximate surface area is 120 Å². The zero-order chi connectivity index (χ0) is 14.2. The minimum atomic E-state index is 0.490. The second-order valence-corrected chi connectivity index (χ2v) is 5.14. The third-order valence-corrected chi connectivity index (χ3v) is 3.64. The predicted octanol–water partition coefficient (Wildman–Crippen LogP) is 1.94. The lowest BCUT2D eigenvalue weighted by Gasteiger charge is -2.24. The number of nitrogens with two attached hydrogens (primary N) is 1. The molecule has 5 heteroatoms. The first-order chi connectivity index (χ1) is 9.81. The fourth-order valence-electron chi connectivity index (χ4n) is 2.51. The molecule has 0 atom stereocenters. The number of guanidine groups is 1. The van der Waals surface area contributed by atoms with E-state index in [1.54, 1.807) is 7.11 Å². The van der Waals surface area contributed by atoms with E-state index in [4.69, 9.17) is 10.6 Å². The summed E-state index contributed by atoms with van der Waals surface area (Å²) >= 11 is 0. The van der Waals surface area contributed by atoms with Gasteiger partial charge in [0.2, 0.25) is 5.96 Å². The van der Waals surface area contributed by atoms with Crippen LogP contribution in [0.5, 0.6) is 5.75 Å². The van der Waals surface area contributed by atoms with E-state index in [1.165, 1.54) is 32.1 Å². The van der Waals surface area contributed by atoms with E-state index in [2.05, 4.69) is 15.7 Å². The van der Waals surface area contributed by atoms with Crippen LogP contribution in [0.4, 0.5) is 0 Å². The van der Waals surface area contributed by atoms with Crippen molar-refractivity contribution in [3.63, 3.8) is 0 Å². The Balaban J connectivity index is 1.92. The third-order valence-electron chi connectivity index (χ3n) is 3.64. The average Bonchev–Trinajstić information content (AvgIpc) is 2.52. The van der Waals surface area contributed by atoms with Gasteiger partial charge in [-0.15, -0.1) is 0 Å². The number of ether oxygens (including phenoxy) is 1. The molecule has 1 aliphatic carbocycles. The molecule has 0 radical (unpaired) electrons. The van der Waals surface area contributed by atoms with Gasteiger partial charge < -0.3 is 10.1 Å². The van der Waals surface area contributed by atoms with Crippen LogP contribution in [0.3, 0.4) is 0 Å². The van der Waals surface area contributed by atoms with Crippen LogP contribution in [0.2, 0.25) is 0 Å². The van der Waals surface area contributed by atoms with E-state index in [1.807, 2.05) is 24.3 Å². The fourth-order valence-corrected chi connectivity index (χ4v) is 2.51. The molecule has 0 aromatic heterocycles. The van der Waals surface area contributed by atoms with Crippen LogP contribution >= 0.6 is 0 Å². The first kappa shape index (κ1) is 14.7. The molecule has 0 saturated heterocycles. The zero-order valence-corrected chi connectivity index (χ0v) is 12.1.